The van der Waals surface area contributed by atoms with Gasteiger partial charge in [0.25, 0.3) is 0 Å². The summed E-state index contributed by atoms with van der Waals surface area (Å²) in [6, 6.07) is 8.20. The zero-order valence-corrected chi connectivity index (χ0v) is 10.6. The van der Waals surface area contributed by atoms with Crippen molar-refractivity contribution in [2.45, 2.75) is 0 Å². The van der Waals surface area contributed by atoms with Crippen LogP contribution < -0.4 is 0 Å². The standard InChI is InChI=1S/C15H11FO4/c1-19-15(18)14-9-7-12(20-14)6-8-13(17)10-2-4-11(16)5-3-10/h2-9H,1H3/b8-6-. The fourth-order valence-electron chi connectivity index (χ4n) is 1.52. The molecule has 0 saturated heterocycles. The molecular weight excluding hydrogens is 263 g/mol. The molecule has 1 aromatic heterocycles. The smallest absolute Gasteiger partial charge is 0.373 e. The van der Waals surface area contributed by atoms with E-state index in [0.29, 0.717) is 11.3 Å². The lowest BCUT2D eigenvalue weighted by Gasteiger charge is -1.95. The predicted molar refractivity (Wildman–Crippen MR) is 69.8 cm³/mol. The maximum absolute atomic E-state index is 12.7. The summed E-state index contributed by atoms with van der Waals surface area (Å²) in [5, 5.41) is 0. The summed E-state index contributed by atoms with van der Waals surface area (Å²) in [7, 11) is 1.25. The van der Waals surface area contributed by atoms with E-state index in [9.17, 15) is 14.0 Å². The van der Waals surface area contributed by atoms with Gasteiger partial charge in [0.1, 0.15) is 11.6 Å². The van der Waals surface area contributed by atoms with Gasteiger partial charge in [0, 0.05) is 5.56 Å². The molecule has 4 nitrogen and oxygen atoms in total. The van der Waals surface area contributed by atoms with E-state index in [1.807, 2.05) is 0 Å². The van der Waals surface area contributed by atoms with Crippen molar-refractivity contribution in [3.8, 4) is 0 Å². The van der Waals surface area contributed by atoms with Crippen molar-refractivity contribution in [1.82, 2.24) is 0 Å². The second kappa shape index (κ2) is 5.97. The van der Waals surface area contributed by atoms with Crippen LogP contribution in [0.3, 0.4) is 0 Å². The molecule has 0 N–H and O–H groups in total. The van der Waals surface area contributed by atoms with Crippen LogP contribution in [0, 0.1) is 5.82 Å². The number of benzene rings is 1. The van der Waals surface area contributed by atoms with Crippen LogP contribution in [-0.2, 0) is 4.74 Å². The van der Waals surface area contributed by atoms with Gasteiger partial charge in [0.15, 0.2) is 5.78 Å². The van der Waals surface area contributed by atoms with E-state index in [1.54, 1.807) is 6.07 Å². The molecule has 0 aliphatic carbocycles. The van der Waals surface area contributed by atoms with Gasteiger partial charge in [-0.25, -0.2) is 9.18 Å². The van der Waals surface area contributed by atoms with Crippen molar-refractivity contribution in [3.05, 3.63) is 65.4 Å². The fraction of sp³-hybridized carbons (Fsp3) is 0.0667. The third-order valence-electron chi connectivity index (χ3n) is 2.54. The lowest BCUT2D eigenvalue weighted by atomic mass is 10.1. The predicted octanol–water partition coefficient (Wildman–Crippen LogP) is 3.10. The third kappa shape index (κ3) is 3.20. The topological polar surface area (TPSA) is 56.5 Å². The normalized spacial score (nSPS) is 10.7. The van der Waals surface area contributed by atoms with Gasteiger partial charge in [-0.2, -0.15) is 0 Å². The number of carbonyl (C=O) groups is 2. The van der Waals surface area contributed by atoms with Crippen molar-refractivity contribution in [3.63, 3.8) is 0 Å². The van der Waals surface area contributed by atoms with Crippen LogP contribution in [0.2, 0.25) is 0 Å². The minimum atomic E-state index is -0.588. The summed E-state index contributed by atoms with van der Waals surface area (Å²) in [6.45, 7) is 0. The van der Waals surface area contributed by atoms with Gasteiger partial charge in [-0.3, -0.25) is 4.79 Å². The van der Waals surface area contributed by atoms with Crippen molar-refractivity contribution in [2.24, 2.45) is 0 Å². The summed E-state index contributed by atoms with van der Waals surface area (Å²) in [6.07, 6.45) is 2.71. The Balaban J connectivity index is 2.09. The van der Waals surface area contributed by atoms with E-state index >= 15 is 0 Å². The number of hydrogen-bond acceptors (Lipinski definition) is 4. The average molecular weight is 274 g/mol. The molecular formula is C15H11FO4. The van der Waals surface area contributed by atoms with Crippen molar-refractivity contribution < 1.29 is 23.1 Å². The Bertz CT molecular complexity index is 653. The summed E-state index contributed by atoms with van der Waals surface area (Å²) >= 11 is 0. The second-order valence-electron chi connectivity index (χ2n) is 3.90. The van der Waals surface area contributed by atoms with Gasteiger partial charge in [-0.05, 0) is 48.6 Å². The fourth-order valence-corrected chi connectivity index (χ4v) is 1.52. The molecule has 0 atom stereocenters. The Kier molecular flexibility index (Phi) is 4.10. The molecule has 20 heavy (non-hydrogen) atoms. The molecule has 0 aliphatic rings. The van der Waals surface area contributed by atoms with Crippen molar-refractivity contribution >= 4 is 17.8 Å². The average Bonchev–Trinajstić information content (AvgIpc) is 2.93. The number of ketones is 1. The van der Waals surface area contributed by atoms with E-state index in [-0.39, 0.29) is 11.5 Å². The van der Waals surface area contributed by atoms with Gasteiger partial charge in [0.2, 0.25) is 5.76 Å². The maximum Gasteiger partial charge on any atom is 0.373 e. The van der Waals surface area contributed by atoms with Crippen molar-refractivity contribution in [1.29, 1.82) is 0 Å². The monoisotopic (exact) mass is 274 g/mol. The molecule has 0 amide bonds. The molecule has 2 aromatic rings. The summed E-state index contributed by atoms with van der Waals surface area (Å²) < 4.78 is 22.4. The van der Waals surface area contributed by atoms with Crippen LogP contribution in [0.1, 0.15) is 26.7 Å². The molecule has 5 heteroatoms. The summed E-state index contributed by atoms with van der Waals surface area (Å²) in [5.41, 5.74) is 0.363. The molecule has 0 spiro atoms. The first-order valence-electron chi connectivity index (χ1n) is 5.76. The molecule has 1 aromatic carbocycles. The number of rotatable bonds is 4. The highest BCUT2D eigenvalue weighted by Crippen LogP contribution is 2.12. The maximum atomic E-state index is 12.7. The Labute approximate surface area is 114 Å². The molecule has 0 fully saturated rings. The van der Waals surface area contributed by atoms with Gasteiger partial charge in [-0.15, -0.1) is 0 Å². The van der Waals surface area contributed by atoms with E-state index in [0.717, 1.165) is 0 Å². The zero-order chi connectivity index (χ0) is 14.5. The van der Waals surface area contributed by atoms with E-state index in [2.05, 4.69) is 4.74 Å². The minimum absolute atomic E-state index is 0.0568. The third-order valence-corrected chi connectivity index (χ3v) is 2.54. The Morgan fingerprint density at radius 1 is 1.15 bits per heavy atom. The van der Waals surface area contributed by atoms with Crippen LogP contribution in [-0.4, -0.2) is 18.9 Å². The number of carbonyl (C=O) groups excluding carboxylic acids is 2. The first kappa shape index (κ1) is 13.7. The van der Waals surface area contributed by atoms with Crippen LogP contribution in [0.4, 0.5) is 4.39 Å². The highest BCUT2D eigenvalue weighted by atomic mass is 19.1. The molecule has 0 saturated carbocycles. The minimum Gasteiger partial charge on any atom is -0.463 e. The highest BCUT2D eigenvalue weighted by Gasteiger charge is 2.10. The van der Waals surface area contributed by atoms with Crippen LogP contribution in [0.15, 0.2) is 46.9 Å². The lowest BCUT2D eigenvalue weighted by Crippen LogP contribution is -1.98. The lowest BCUT2D eigenvalue weighted by molar-refractivity contribution is 0.0564. The van der Waals surface area contributed by atoms with Gasteiger partial charge >= 0.3 is 5.97 Å². The number of furan rings is 1. The Morgan fingerprint density at radius 3 is 2.50 bits per heavy atom. The van der Waals surface area contributed by atoms with Crippen LogP contribution in [0.25, 0.3) is 6.08 Å². The quantitative estimate of drug-likeness (QED) is 0.488. The number of methoxy groups -OCH3 is 1. The van der Waals surface area contributed by atoms with Gasteiger partial charge in [0.05, 0.1) is 7.11 Å². The molecule has 0 bridgehead atoms. The SMILES string of the molecule is COC(=O)c1ccc(/C=C\C(=O)c2ccc(F)cc2)o1. The molecule has 0 aliphatic heterocycles. The number of ether oxygens (including phenoxy) is 1. The molecule has 0 unspecified atom stereocenters. The summed E-state index contributed by atoms with van der Waals surface area (Å²) in [4.78, 5) is 23.0. The Hall–Kier alpha value is -2.69. The van der Waals surface area contributed by atoms with E-state index < -0.39 is 11.8 Å². The molecule has 0 radical (unpaired) electrons. The van der Waals surface area contributed by atoms with Gasteiger partial charge in [-0.1, -0.05) is 0 Å². The number of esters is 1. The van der Waals surface area contributed by atoms with E-state index in [1.165, 1.54) is 49.6 Å². The summed E-state index contributed by atoms with van der Waals surface area (Å²) in [5.74, 6) is -0.878. The van der Waals surface area contributed by atoms with Crippen LogP contribution >= 0.6 is 0 Å². The number of allylic oxidation sites excluding steroid dienone is 1. The molecule has 2 rings (SSSR count). The van der Waals surface area contributed by atoms with Crippen molar-refractivity contribution in [2.75, 3.05) is 7.11 Å². The number of halogens is 1. The van der Waals surface area contributed by atoms with Crippen LogP contribution in [0.5, 0.6) is 0 Å². The van der Waals surface area contributed by atoms with Gasteiger partial charge < -0.3 is 9.15 Å². The zero-order valence-electron chi connectivity index (χ0n) is 10.6. The highest BCUT2D eigenvalue weighted by molar-refractivity contribution is 6.06. The number of hydrogen-bond donors (Lipinski definition) is 0. The molecule has 102 valence electrons. The Morgan fingerprint density at radius 2 is 1.85 bits per heavy atom. The largest absolute Gasteiger partial charge is 0.463 e. The molecule has 1 heterocycles. The second-order valence-corrected chi connectivity index (χ2v) is 3.90. The first-order chi connectivity index (χ1) is 9.60. The van der Waals surface area contributed by atoms with E-state index in [4.69, 9.17) is 4.42 Å². The first-order valence-corrected chi connectivity index (χ1v) is 5.76.